The Hall–Kier alpha value is -0.160. The Bertz CT molecular complexity index is 303. The van der Waals surface area contributed by atoms with Crippen molar-refractivity contribution in [3.63, 3.8) is 0 Å². The normalized spacial score (nSPS) is 43.9. The molecule has 5 heteroatoms. The smallest absolute Gasteiger partial charge is 0.152 e. The van der Waals surface area contributed by atoms with Gasteiger partial charge in [-0.05, 0) is 25.8 Å². The van der Waals surface area contributed by atoms with Crippen LogP contribution in [-0.2, 0) is 9.84 Å². The van der Waals surface area contributed by atoms with Gasteiger partial charge in [-0.2, -0.15) is 0 Å². The molecule has 2 aliphatic heterocycles. The van der Waals surface area contributed by atoms with E-state index in [1.54, 1.807) is 0 Å². The number of rotatable bonds is 0. The molecule has 1 spiro atoms. The number of hydrogen-bond acceptors (Lipinski definition) is 3. The van der Waals surface area contributed by atoms with Crippen molar-refractivity contribution in [1.82, 2.24) is 5.32 Å². The lowest BCUT2D eigenvalue weighted by Crippen LogP contribution is -2.52. The number of nitrogens with one attached hydrogen (secondary N) is 1. The Labute approximate surface area is 77.6 Å². The van der Waals surface area contributed by atoms with Gasteiger partial charge in [0.15, 0.2) is 9.84 Å². The Balaban J connectivity index is 2.14. The van der Waals surface area contributed by atoms with E-state index in [1.807, 2.05) is 0 Å². The van der Waals surface area contributed by atoms with Gasteiger partial charge in [0, 0.05) is 5.54 Å². The summed E-state index contributed by atoms with van der Waals surface area (Å²) in [4.78, 5) is 0. The monoisotopic (exact) mass is 207 g/mol. The SMILES string of the molecule is O=S1(=O)CCC2(CC(F)CCN2)C1. The van der Waals surface area contributed by atoms with E-state index >= 15 is 0 Å². The van der Waals surface area contributed by atoms with E-state index in [4.69, 9.17) is 0 Å². The summed E-state index contributed by atoms with van der Waals surface area (Å²) in [5, 5.41) is 3.16. The summed E-state index contributed by atoms with van der Waals surface area (Å²) in [5.41, 5.74) is -0.434. The predicted molar refractivity (Wildman–Crippen MR) is 48.1 cm³/mol. The molecule has 2 aliphatic rings. The largest absolute Gasteiger partial charge is 0.310 e. The highest BCUT2D eigenvalue weighted by Gasteiger charge is 2.45. The molecule has 0 aromatic carbocycles. The molecule has 0 radical (unpaired) electrons. The average molecular weight is 207 g/mol. The summed E-state index contributed by atoms with van der Waals surface area (Å²) in [5.74, 6) is 0.340. The van der Waals surface area contributed by atoms with Crippen LogP contribution in [0.5, 0.6) is 0 Å². The summed E-state index contributed by atoms with van der Waals surface area (Å²) in [6.07, 6.45) is 0.638. The summed E-state index contributed by atoms with van der Waals surface area (Å²) in [6.45, 7) is 0.608. The van der Waals surface area contributed by atoms with Gasteiger partial charge in [-0.15, -0.1) is 0 Å². The molecule has 1 N–H and O–H groups in total. The Kier molecular flexibility index (Phi) is 2.11. The number of piperidine rings is 1. The van der Waals surface area contributed by atoms with Crippen LogP contribution in [0.15, 0.2) is 0 Å². The van der Waals surface area contributed by atoms with E-state index in [0.29, 0.717) is 25.8 Å². The fourth-order valence-electron chi connectivity index (χ4n) is 2.31. The molecule has 13 heavy (non-hydrogen) atoms. The molecule has 2 atom stereocenters. The lowest BCUT2D eigenvalue weighted by atomic mass is 9.87. The van der Waals surface area contributed by atoms with Crippen molar-refractivity contribution in [3.05, 3.63) is 0 Å². The zero-order chi connectivity index (χ0) is 9.53. The molecule has 2 rings (SSSR count). The van der Waals surface area contributed by atoms with Gasteiger partial charge in [0.1, 0.15) is 6.17 Å². The third kappa shape index (κ3) is 1.86. The maximum Gasteiger partial charge on any atom is 0.152 e. The van der Waals surface area contributed by atoms with Crippen LogP contribution in [0.4, 0.5) is 4.39 Å². The predicted octanol–water partition coefficient (Wildman–Crippen LogP) is 0.265. The lowest BCUT2D eigenvalue weighted by Gasteiger charge is -2.35. The van der Waals surface area contributed by atoms with Crippen LogP contribution >= 0.6 is 0 Å². The van der Waals surface area contributed by atoms with Crippen molar-refractivity contribution in [2.75, 3.05) is 18.1 Å². The number of halogens is 1. The van der Waals surface area contributed by atoms with Gasteiger partial charge < -0.3 is 5.32 Å². The first-order valence-corrected chi connectivity index (χ1v) is 6.43. The van der Waals surface area contributed by atoms with Crippen molar-refractivity contribution in [2.45, 2.75) is 31.0 Å². The van der Waals surface area contributed by atoms with E-state index in [2.05, 4.69) is 5.32 Å². The molecule has 2 unspecified atom stereocenters. The maximum atomic E-state index is 13.1. The molecule has 0 aromatic rings. The first-order valence-electron chi connectivity index (χ1n) is 4.61. The maximum absolute atomic E-state index is 13.1. The van der Waals surface area contributed by atoms with Crippen molar-refractivity contribution in [1.29, 1.82) is 0 Å². The van der Waals surface area contributed by atoms with E-state index in [9.17, 15) is 12.8 Å². The zero-order valence-electron chi connectivity index (χ0n) is 7.42. The van der Waals surface area contributed by atoms with Crippen LogP contribution in [0.1, 0.15) is 19.3 Å². The van der Waals surface area contributed by atoms with Crippen LogP contribution in [0, 0.1) is 0 Å². The van der Waals surface area contributed by atoms with Gasteiger partial charge in [0.05, 0.1) is 11.5 Å². The fraction of sp³-hybridized carbons (Fsp3) is 1.00. The first kappa shape index (κ1) is 9.40. The Morgan fingerprint density at radius 3 is 2.77 bits per heavy atom. The molecule has 0 bridgehead atoms. The Morgan fingerprint density at radius 2 is 2.23 bits per heavy atom. The van der Waals surface area contributed by atoms with E-state index in [1.165, 1.54) is 0 Å². The van der Waals surface area contributed by atoms with Gasteiger partial charge in [-0.25, -0.2) is 12.8 Å². The first-order chi connectivity index (χ1) is 6.02. The molecule has 0 aromatic heterocycles. The van der Waals surface area contributed by atoms with E-state index in [0.717, 1.165) is 0 Å². The van der Waals surface area contributed by atoms with E-state index in [-0.39, 0.29) is 11.5 Å². The molecule has 76 valence electrons. The second-order valence-corrected chi connectivity index (χ2v) is 6.32. The summed E-state index contributed by atoms with van der Waals surface area (Å²) in [6, 6.07) is 0. The molecule has 2 saturated heterocycles. The third-order valence-electron chi connectivity index (χ3n) is 2.96. The topological polar surface area (TPSA) is 46.2 Å². The second kappa shape index (κ2) is 2.92. The van der Waals surface area contributed by atoms with Gasteiger partial charge >= 0.3 is 0 Å². The van der Waals surface area contributed by atoms with Crippen molar-refractivity contribution in [3.8, 4) is 0 Å². The quantitative estimate of drug-likeness (QED) is 0.620. The van der Waals surface area contributed by atoms with Gasteiger partial charge in [0.2, 0.25) is 0 Å². The average Bonchev–Trinajstić information content (AvgIpc) is 2.26. The minimum Gasteiger partial charge on any atom is -0.310 e. The molecule has 3 nitrogen and oxygen atoms in total. The number of alkyl halides is 1. The number of hydrogen-bond donors (Lipinski definition) is 1. The lowest BCUT2D eigenvalue weighted by molar-refractivity contribution is 0.169. The molecule has 0 aliphatic carbocycles. The highest BCUT2D eigenvalue weighted by molar-refractivity contribution is 7.91. The van der Waals surface area contributed by atoms with Crippen molar-refractivity contribution in [2.24, 2.45) is 0 Å². The summed E-state index contributed by atoms with van der Waals surface area (Å²) < 4.78 is 35.6. The standard InChI is InChI=1S/C8H14FNO2S/c9-7-1-3-10-8(5-7)2-4-13(11,12)6-8/h7,10H,1-6H2. The second-order valence-electron chi connectivity index (χ2n) is 4.14. The Morgan fingerprint density at radius 1 is 1.46 bits per heavy atom. The molecular weight excluding hydrogens is 193 g/mol. The van der Waals surface area contributed by atoms with Gasteiger partial charge in [-0.1, -0.05) is 0 Å². The van der Waals surface area contributed by atoms with Crippen molar-refractivity contribution < 1.29 is 12.8 Å². The third-order valence-corrected chi connectivity index (χ3v) is 4.78. The summed E-state index contributed by atoms with van der Waals surface area (Å²) >= 11 is 0. The minimum atomic E-state index is -2.91. The minimum absolute atomic E-state index is 0.125. The van der Waals surface area contributed by atoms with Gasteiger partial charge in [-0.3, -0.25) is 0 Å². The van der Waals surface area contributed by atoms with Crippen LogP contribution in [0.25, 0.3) is 0 Å². The van der Waals surface area contributed by atoms with Crippen LogP contribution < -0.4 is 5.32 Å². The highest BCUT2D eigenvalue weighted by Crippen LogP contribution is 2.32. The number of sulfone groups is 1. The van der Waals surface area contributed by atoms with Crippen LogP contribution in [0.2, 0.25) is 0 Å². The van der Waals surface area contributed by atoms with Gasteiger partial charge in [0.25, 0.3) is 0 Å². The van der Waals surface area contributed by atoms with Crippen molar-refractivity contribution >= 4 is 9.84 Å². The van der Waals surface area contributed by atoms with E-state index < -0.39 is 21.5 Å². The molecule has 2 heterocycles. The highest BCUT2D eigenvalue weighted by atomic mass is 32.2. The molecule has 0 saturated carbocycles. The zero-order valence-corrected chi connectivity index (χ0v) is 8.24. The van der Waals surface area contributed by atoms with Crippen LogP contribution in [0.3, 0.4) is 0 Å². The fourth-order valence-corrected chi connectivity index (χ4v) is 4.36. The van der Waals surface area contributed by atoms with Crippen LogP contribution in [-0.4, -0.2) is 38.2 Å². The molecule has 0 amide bonds. The summed E-state index contributed by atoms with van der Waals surface area (Å²) in [7, 11) is -2.91. The molecule has 2 fully saturated rings. The molecular formula is C8H14FNO2S.